The smallest absolute Gasteiger partial charge is 0.270 e. The molecule has 0 radical (unpaired) electrons. The van der Waals surface area contributed by atoms with Gasteiger partial charge in [-0.1, -0.05) is 30.0 Å². The van der Waals surface area contributed by atoms with Gasteiger partial charge in [0.2, 0.25) is 0 Å². The summed E-state index contributed by atoms with van der Waals surface area (Å²) in [5.41, 5.74) is 1.44. The Morgan fingerprint density at radius 1 is 1.19 bits per heavy atom. The fourth-order valence-corrected chi connectivity index (χ4v) is 3.79. The Balaban J connectivity index is 1.89. The zero-order chi connectivity index (χ0) is 18.7. The van der Waals surface area contributed by atoms with Gasteiger partial charge in [-0.2, -0.15) is 0 Å². The first-order valence-corrected chi connectivity index (χ1v) is 9.13. The number of phenols is 1. The molecule has 1 N–H and O–H groups in total. The van der Waals surface area contributed by atoms with E-state index in [0.717, 1.165) is 5.56 Å². The second-order valence-electron chi connectivity index (χ2n) is 5.38. The van der Waals surface area contributed by atoms with Crippen LogP contribution in [0.2, 0.25) is 0 Å². The summed E-state index contributed by atoms with van der Waals surface area (Å²) in [4.78, 5) is 14.7. The molecule has 7 heteroatoms. The number of nitrogens with zero attached hydrogens (tertiary/aromatic N) is 1. The molecule has 0 bridgehead atoms. The molecule has 1 fully saturated rings. The van der Waals surface area contributed by atoms with E-state index in [2.05, 4.69) is 0 Å². The Kier molecular flexibility index (Phi) is 5.49. The number of phenolic OH excluding ortho intramolecular Hbond substituents is 1. The van der Waals surface area contributed by atoms with E-state index in [-0.39, 0.29) is 11.7 Å². The summed E-state index contributed by atoms with van der Waals surface area (Å²) in [7, 11) is 1.58. The number of methoxy groups -OCH3 is 1. The van der Waals surface area contributed by atoms with Crippen molar-refractivity contribution in [3.63, 3.8) is 0 Å². The molecule has 0 unspecified atom stereocenters. The number of anilines is 1. The van der Waals surface area contributed by atoms with Crippen molar-refractivity contribution < 1.29 is 19.4 Å². The van der Waals surface area contributed by atoms with Crippen LogP contribution in [0.4, 0.5) is 5.69 Å². The third-order valence-corrected chi connectivity index (χ3v) is 4.99. The number of thioether (sulfide) groups is 1. The third kappa shape index (κ3) is 3.68. The van der Waals surface area contributed by atoms with Crippen LogP contribution in [-0.2, 0) is 4.79 Å². The molecular formula is C19H17NO4S2. The maximum absolute atomic E-state index is 12.8. The van der Waals surface area contributed by atoms with E-state index in [1.165, 1.54) is 28.8 Å². The summed E-state index contributed by atoms with van der Waals surface area (Å²) in [6.45, 7) is 2.45. The van der Waals surface area contributed by atoms with E-state index in [1.807, 2.05) is 25.1 Å². The van der Waals surface area contributed by atoms with Crippen LogP contribution in [0.25, 0.3) is 6.08 Å². The van der Waals surface area contributed by atoms with Crippen LogP contribution in [0.15, 0.2) is 47.4 Å². The number of amides is 1. The molecule has 134 valence electrons. The zero-order valence-electron chi connectivity index (χ0n) is 14.3. The van der Waals surface area contributed by atoms with Gasteiger partial charge >= 0.3 is 0 Å². The Hall–Kier alpha value is -2.51. The van der Waals surface area contributed by atoms with E-state index in [4.69, 9.17) is 21.7 Å². The first kappa shape index (κ1) is 18.3. The van der Waals surface area contributed by atoms with Crippen LogP contribution >= 0.6 is 24.0 Å². The highest BCUT2D eigenvalue weighted by Crippen LogP contribution is 2.37. The molecule has 3 rings (SSSR count). The van der Waals surface area contributed by atoms with Crippen molar-refractivity contribution in [2.45, 2.75) is 6.92 Å². The topological polar surface area (TPSA) is 59.0 Å². The molecule has 2 aromatic carbocycles. The summed E-state index contributed by atoms with van der Waals surface area (Å²) in [5, 5.41) is 9.41. The van der Waals surface area contributed by atoms with E-state index in [9.17, 15) is 9.90 Å². The van der Waals surface area contributed by atoms with Gasteiger partial charge < -0.3 is 14.6 Å². The van der Waals surface area contributed by atoms with Gasteiger partial charge in [0.25, 0.3) is 5.91 Å². The van der Waals surface area contributed by atoms with Crippen molar-refractivity contribution >= 4 is 46.0 Å². The van der Waals surface area contributed by atoms with E-state index >= 15 is 0 Å². The second-order valence-corrected chi connectivity index (χ2v) is 7.05. The van der Waals surface area contributed by atoms with Crippen LogP contribution < -0.4 is 14.4 Å². The number of hydrogen-bond donors (Lipinski definition) is 1. The third-order valence-electron chi connectivity index (χ3n) is 3.69. The molecule has 0 saturated carbocycles. The van der Waals surface area contributed by atoms with Gasteiger partial charge in [-0.3, -0.25) is 9.69 Å². The Morgan fingerprint density at radius 2 is 1.92 bits per heavy atom. The highest BCUT2D eigenvalue weighted by molar-refractivity contribution is 8.27. The molecule has 1 aliphatic rings. The number of ether oxygens (including phenoxy) is 2. The standard InChI is InChI=1S/C19H17NO4S2/c1-3-24-15-9-4-12(10-16(15)23-2)11-17-18(22)20(19(25)26-17)13-5-7-14(21)8-6-13/h4-11,21H,3H2,1-2H3/b17-11-. The molecule has 5 nitrogen and oxygen atoms in total. The number of benzene rings is 2. The second kappa shape index (κ2) is 7.80. The lowest BCUT2D eigenvalue weighted by atomic mass is 10.2. The van der Waals surface area contributed by atoms with Crippen LogP contribution in [0.1, 0.15) is 12.5 Å². The van der Waals surface area contributed by atoms with Crippen LogP contribution in [0, 0.1) is 0 Å². The predicted octanol–water partition coefficient (Wildman–Crippen LogP) is 4.21. The monoisotopic (exact) mass is 387 g/mol. The Labute approximate surface area is 161 Å². The lowest BCUT2D eigenvalue weighted by Gasteiger charge is -2.14. The highest BCUT2D eigenvalue weighted by Gasteiger charge is 2.33. The summed E-state index contributed by atoms with van der Waals surface area (Å²) >= 11 is 6.59. The maximum atomic E-state index is 12.8. The van der Waals surface area contributed by atoms with Crippen LogP contribution in [0.3, 0.4) is 0 Å². The quantitative estimate of drug-likeness (QED) is 0.613. The number of carbonyl (C=O) groups excluding carboxylic acids is 1. The van der Waals surface area contributed by atoms with Crippen molar-refractivity contribution in [3.8, 4) is 17.2 Å². The van der Waals surface area contributed by atoms with E-state index in [1.54, 1.807) is 25.3 Å². The number of hydrogen-bond acceptors (Lipinski definition) is 6. The van der Waals surface area contributed by atoms with Crippen molar-refractivity contribution in [2.24, 2.45) is 0 Å². The fourth-order valence-electron chi connectivity index (χ4n) is 2.49. The van der Waals surface area contributed by atoms with Crippen LogP contribution in [-0.4, -0.2) is 29.1 Å². The molecule has 1 aliphatic heterocycles. The van der Waals surface area contributed by atoms with Gasteiger partial charge in [-0.05, 0) is 55.0 Å². The minimum absolute atomic E-state index is 0.135. The van der Waals surface area contributed by atoms with Crippen molar-refractivity contribution in [1.82, 2.24) is 0 Å². The van der Waals surface area contributed by atoms with Gasteiger partial charge in [0, 0.05) is 0 Å². The average molecular weight is 387 g/mol. The molecule has 1 heterocycles. The number of rotatable bonds is 5. The summed E-state index contributed by atoms with van der Waals surface area (Å²) in [6.07, 6.45) is 1.78. The average Bonchev–Trinajstić information content (AvgIpc) is 2.91. The first-order chi connectivity index (χ1) is 12.5. The molecule has 0 atom stereocenters. The summed E-state index contributed by atoms with van der Waals surface area (Å²) < 4.78 is 11.3. The zero-order valence-corrected chi connectivity index (χ0v) is 15.9. The van der Waals surface area contributed by atoms with Gasteiger partial charge in [0.15, 0.2) is 15.8 Å². The Bertz CT molecular complexity index is 878. The van der Waals surface area contributed by atoms with Crippen molar-refractivity contribution in [2.75, 3.05) is 18.6 Å². The van der Waals surface area contributed by atoms with Gasteiger partial charge in [0.1, 0.15) is 5.75 Å². The van der Waals surface area contributed by atoms with E-state index in [0.29, 0.717) is 33.0 Å². The molecule has 1 saturated heterocycles. The van der Waals surface area contributed by atoms with Crippen LogP contribution in [0.5, 0.6) is 17.2 Å². The van der Waals surface area contributed by atoms with E-state index < -0.39 is 0 Å². The lowest BCUT2D eigenvalue weighted by Crippen LogP contribution is -2.27. The molecule has 1 amide bonds. The number of thiocarbonyl (C=S) groups is 1. The summed E-state index contributed by atoms with van der Waals surface area (Å²) in [6, 6.07) is 11.9. The molecular weight excluding hydrogens is 370 g/mol. The van der Waals surface area contributed by atoms with Gasteiger partial charge in [-0.25, -0.2) is 0 Å². The molecule has 0 aliphatic carbocycles. The SMILES string of the molecule is CCOc1ccc(/C=C2\SC(=S)N(c3ccc(O)cc3)C2=O)cc1OC. The predicted molar refractivity (Wildman–Crippen MR) is 108 cm³/mol. The maximum Gasteiger partial charge on any atom is 0.270 e. The lowest BCUT2D eigenvalue weighted by molar-refractivity contribution is -0.113. The Morgan fingerprint density at radius 3 is 2.58 bits per heavy atom. The van der Waals surface area contributed by atoms with Crippen molar-refractivity contribution in [3.05, 3.63) is 52.9 Å². The molecule has 0 aromatic heterocycles. The normalized spacial score (nSPS) is 15.6. The summed E-state index contributed by atoms with van der Waals surface area (Å²) in [5.74, 6) is 1.20. The molecule has 0 spiro atoms. The first-order valence-electron chi connectivity index (χ1n) is 7.91. The van der Waals surface area contributed by atoms with Gasteiger partial charge in [0.05, 0.1) is 24.3 Å². The number of carbonyl (C=O) groups is 1. The molecule has 26 heavy (non-hydrogen) atoms. The molecule has 2 aromatic rings. The highest BCUT2D eigenvalue weighted by atomic mass is 32.2. The minimum Gasteiger partial charge on any atom is -0.508 e. The largest absolute Gasteiger partial charge is 0.508 e. The fraction of sp³-hybridized carbons (Fsp3) is 0.158. The minimum atomic E-state index is -0.196. The number of aromatic hydroxyl groups is 1. The van der Waals surface area contributed by atoms with Crippen molar-refractivity contribution in [1.29, 1.82) is 0 Å². The van der Waals surface area contributed by atoms with Gasteiger partial charge in [-0.15, -0.1) is 0 Å².